The third kappa shape index (κ3) is 5.59. The summed E-state index contributed by atoms with van der Waals surface area (Å²) in [5.74, 6) is 0.940. The maximum absolute atomic E-state index is 12.7. The number of hydrogen-bond donors (Lipinski definition) is 1. The highest BCUT2D eigenvalue weighted by molar-refractivity contribution is 9.10. The van der Waals surface area contributed by atoms with E-state index >= 15 is 0 Å². The number of anilines is 1. The molecule has 4 aromatic rings. The van der Waals surface area contributed by atoms with Crippen LogP contribution >= 0.6 is 38.9 Å². The zero-order valence-electron chi connectivity index (χ0n) is 17.6. The Morgan fingerprint density at radius 3 is 2.69 bits per heavy atom. The van der Waals surface area contributed by atoms with Crippen LogP contribution in [0.2, 0.25) is 5.02 Å². The van der Waals surface area contributed by atoms with Gasteiger partial charge in [-0.2, -0.15) is 5.10 Å². The average molecular weight is 531 g/mol. The van der Waals surface area contributed by atoms with Crippen molar-refractivity contribution in [2.45, 2.75) is 27.0 Å². The number of hydrogen-bond acceptors (Lipinski definition) is 4. The first kappa shape index (κ1) is 22.6. The van der Waals surface area contributed by atoms with Gasteiger partial charge in [-0.3, -0.25) is 9.48 Å². The third-order valence-corrected chi connectivity index (χ3v) is 6.59. The van der Waals surface area contributed by atoms with Gasteiger partial charge in [0.05, 0.1) is 11.4 Å². The highest BCUT2D eigenvalue weighted by atomic mass is 79.9. The predicted octanol–water partition coefficient (Wildman–Crippen LogP) is 6.86. The number of amides is 1. The lowest BCUT2D eigenvalue weighted by Crippen LogP contribution is -2.11. The fourth-order valence-corrected chi connectivity index (χ4v) is 4.46. The Hall–Kier alpha value is -2.61. The Bertz CT molecular complexity index is 1250. The SMILES string of the molecule is Cc1ccc(OCc2csc(C(=O)Nc3nn(Cc4ccc(Br)cc4)cc3Cl)c2)c(C)c1. The molecule has 1 amide bonds. The van der Waals surface area contributed by atoms with Crippen LogP contribution in [0.5, 0.6) is 5.75 Å². The van der Waals surface area contributed by atoms with Crippen molar-refractivity contribution in [1.82, 2.24) is 9.78 Å². The fraction of sp³-hybridized carbons (Fsp3) is 0.167. The number of carbonyl (C=O) groups is 1. The molecule has 0 bridgehead atoms. The van der Waals surface area contributed by atoms with Gasteiger partial charge in [-0.1, -0.05) is 57.4 Å². The molecule has 0 atom stereocenters. The molecule has 0 aliphatic heterocycles. The smallest absolute Gasteiger partial charge is 0.266 e. The number of nitrogens with zero attached hydrogens (tertiary/aromatic N) is 2. The monoisotopic (exact) mass is 529 g/mol. The van der Waals surface area contributed by atoms with Crippen molar-refractivity contribution in [2.75, 3.05) is 5.32 Å². The zero-order chi connectivity index (χ0) is 22.7. The number of carbonyl (C=O) groups excluding carboxylic acids is 1. The molecular weight excluding hydrogens is 510 g/mol. The van der Waals surface area contributed by atoms with Crippen molar-refractivity contribution in [3.63, 3.8) is 0 Å². The molecule has 1 N–H and O–H groups in total. The summed E-state index contributed by atoms with van der Waals surface area (Å²) in [6, 6.07) is 15.9. The summed E-state index contributed by atoms with van der Waals surface area (Å²) in [5, 5.41) is 9.53. The van der Waals surface area contributed by atoms with Crippen molar-refractivity contribution in [2.24, 2.45) is 0 Å². The van der Waals surface area contributed by atoms with E-state index < -0.39 is 0 Å². The predicted molar refractivity (Wildman–Crippen MR) is 133 cm³/mol. The van der Waals surface area contributed by atoms with Crippen LogP contribution in [0, 0.1) is 13.8 Å². The number of aryl methyl sites for hydroxylation is 2. The minimum atomic E-state index is -0.247. The molecule has 8 heteroatoms. The lowest BCUT2D eigenvalue weighted by Gasteiger charge is -2.08. The van der Waals surface area contributed by atoms with Crippen LogP contribution in [0.4, 0.5) is 5.82 Å². The molecule has 2 heterocycles. The Morgan fingerprint density at radius 1 is 1.16 bits per heavy atom. The van der Waals surface area contributed by atoms with E-state index in [-0.39, 0.29) is 5.91 Å². The van der Waals surface area contributed by atoms with Gasteiger partial charge in [0.25, 0.3) is 5.91 Å². The maximum atomic E-state index is 12.7. The Balaban J connectivity index is 1.37. The van der Waals surface area contributed by atoms with Gasteiger partial charge in [0.15, 0.2) is 5.82 Å². The lowest BCUT2D eigenvalue weighted by molar-refractivity contribution is 0.103. The molecule has 5 nitrogen and oxygen atoms in total. The second-order valence-corrected chi connectivity index (χ2v) is 9.71. The van der Waals surface area contributed by atoms with E-state index in [1.54, 1.807) is 10.9 Å². The van der Waals surface area contributed by atoms with Crippen LogP contribution in [-0.2, 0) is 13.2 Å². The Kier molecular flexibility index (Phi) is 6.98. The van der Waals surface area contributed by atoms with E-state index in [1.165, 1.54) is 16.9 Å². The van der Waals surface area contributed by atoms with Gasteiger partial charge in [-0.25, -0.2) is 0 Å². The first-order chi connectivity index (χ1) is 15.4. The number of rotatable bonds is 7. The lowest BCUT2D eigenvalue weighted by atomic mass is 10.1. The van der Waals surface area contributed by atoms with Crippen molar-refractivity contribution in [3.8, 4) is 5.75 Å². The Morgan fingerprint density at radius 2 is 1.94 bits per heavy atom. The molecule has 0 saturated heterocycles. The fourth-order valence-electron chi connectivity index (χ4n) is 3.20. The highest BCUT2D eigenvalue weighted by Gasteiger charge is 2.15. The van der Waals surface area contributed by atoms with Crippen LogP contribution in [0.3, 0.4) is 0 Å². The number of thiophene rings is 1. The first-order valence-corrected chi connectivity index (χ1v) is 12.0. The zero-order valence-corrected chi connectivity index (χ0v) is 20.7. The topological polar surface area (TPSA) is 56.1 Å². The van der Waals surface area contributed by atoms with Crippen molar-refractivity contribution in [3.05, 3.63) is 96.7 Å². The molecule has 164 valence electrons. The van der Waals surface area contributed by atoms with Crippen molar-refractivity contribution >= 4 is 50.6 Å². The summed E-state index contributed by atoms with van der Waals surface area (Å²) in [7, 11) is 0. The van der Waals surface area contributed by atoms with Gasteiger partial charge >= 0.3 is 0 Å². The summed E-state index contributed by atoms with van der Waals surface area (Å²) in [6.07, 6.45) is 1.71. The summed E-state index contributed by atoms with van der Waals surface area (Å²) < 4.78 is 8.63. The number of halogens is 2. The van der Waals surface area contributed by atoms with Gasteiger partial charge in [0.2, 0.25) is 0 Å². The third-order valence-electron chi connectivity index (χ3n) is 4.81. The van der Waals surface area contributed by atoms with E-state index in [1.807, 2.05) is 54.8 Å². The molecule has 4 rings (SSSR count). The maximum Gasteiger partial charge on any atom is 0.266 e. The number of nitrogens with one attached hydrogen (secondary N) is 1. The standard InChI is InChI=1S/C24H21BrClN3O2S/c1-15-3-8-21(16(2)9-15)31-13-18-10-22(32-14-18)24(30)27-23-20(26)12-29(28-23)11-17-4-6-19(25)7-5-17/h3-10,12,14H,11,13H2,1-2H3,(H,27,28,30). The molecule has 0 aliphatic carbocycles. The normalized spacial score (nSPS) is 10.9. The quantitative estimate of drug-likeness (QED) is 0.284. The number of aromatic nitrogens is 2. The number of ether oxygens (including phenoxy) is 1. The summed E-state index contributed by atoms with van der Waals surface area (Å²) in [5.41, 5.74) is 4.30. The molecule has 2 aromatic heterocycles. The molecule has 0 saturated carbocycles. The summed E-state index contributed by atoms with van der Waals surface area (Å²) in [4.78, 5) is 13.3. The molecule has 0 spiro atoms. The highest BCUT2D eigenvalue weighted by Crippen LogP contribution is 2.24. The van der Waals surface area contributed by atoms with Crippen LogP contribution in [0.15, 0.2) is 64.6 Å². The second kappa shape index (κ2) is 9.90. The van der Waals surface area contributed by atoms with Gasteiger partial charge in [0.1, 0.15) is 17.4 Å². The van der Waals surface area contributed by atoms with Gasteiger partial charge in [-0.15, -0.1) is 11.3 Å². The largest absolute Gasteiger partial charge is 0.489 e. The van der Waals surface area contributed by atoms with Crippen LogP contribution in [0.25, 0.3) is 0 Å². The summed E-state index contributed by atoms with van der Waals surface area (Å²) >= 11 is 11.1. The van der Waals surface area contributed by atoms with Crippen LogP contribution in [0.1, 0.15) is 31.9 Å². The van der Waals surface area contributed by atoms with E-state index in [0.717, 1.165) is 26.9 Å². The van der Waals surface area contributed by atoms with E-state index in [0.29, 0.717) is 28.9 Å². The van der Waals surface area contributed by atoms with Crippen molar-refractivity contribution < 1.29 is 9.53 Å². The van der Waals surface area contributed by atoms with E-state index in [4.69, 9.17) is 16.3 Å². The summed E-state index contributed by atoms with van der Waals surface area (Å²) in [6.45, 7) is 5.03. The van der Waals surface area contributed by atoms with E-state index in [9.17, 15) is 4.79 Å². The van der Waals surface area contributed by atoms with Crippen molar-refractivity contribution in [1.29, 1.82) is 0 Å². The average Bonchev–Trinajstić information content (AvgIpc) is 3.36. The molecule has 32 heavy (non-hydrogen) atoms. The molecule has 0 unspecified atom stereocenters. The molecule has 2 aromatic carbocycles. The first-order valence-electron chi connectivity index (χ1n) is 9.93. The van der Waals surface area contributed by atoms with Gasteiger partial charge in [-0.05, 0) is 54.6 Å². The minimum absolute atomic E-state index is 0.247. The Labute approximate surface area is 204 Å². The molecular formula is C24H21BrClN3O2S. The number of benzene rings is 2. The molecule has 0 aliphatic rings. The minimum Gasteiger partial charge on any atom is -0.489 e. The molecule has 0 fully saturated rings. The molecule has 0 radical (unpaired) electrons. The second-order valence-electron chi connectivity index (χ2n) is 7.48. The van der Waals surface area contributed by atoms with Gasteiger partial charge in [0, 0.05) is 16.2 Å². The van der Waals surface area contributed by atoms with Crippen LogP contribution in [-0.4, -0.2) is 15.7 Å². The van der Waals surface area contributed by atoms with E-state index in [2.05, 4.69) is 39.3 Å². The van der Waals surface area contributed by atoms with Gasteiger partial charge < -0.3 is 10.1 Å². The van der Waals surface area contributed by atoms with Crippen LogP contribution < -0.4 is 10.1 Å².